The molecule has 3 aromatic rings. The third-order valence-electron chi connectivity index (χ3n) is 6.04. The zero-order valence-corrected chi connectivity index (χ0v) is 26.9. The van der Waals surface area contributed by atoms with Crippen molar-refractivity contribution in [3.63, 3.8) is 0 Å². The fourth-order valence-corrected chi connectivity index (χ4v) is 6.16. The predicted octanol–water partition coefficient (Wildman–Crippen LogP) is 9.12. The molecule has 180 valence electrons. The molecule has 0 aromatic heterocycles. The van der Waals surface area contributed by atoms with Crippen LogP contribution in [0.1, 0.15) is 90.1 Å². The van der Waals surface area contributed by atoms with Gasteiger partial charge >= 0.3 is 228 Å². The first-order valence-corrected chi connectivity index (χ1v) is 16.0. The van der Waals surface area contributed by atoms with Gasteiger partial charge in [0.1, 0.15) is 0 Å². The predicted molar refractivity (Wildman–Crippen MR) is 146 cm³/mol. The standard InChI is InChI=1S/C18H29N.C13H10N2.U/c1-16(2,3)12-10-13(17(4,5)6)15(19)14(11-12)18(7,8)9;14-15-13(11-7-3-1-4-8-11)12-9-5-2-6-10-12;/h10-11H,1-9H3;1-10H;/q;;+2. The molecule has 3 aromatic carbocycles. The summed E-state index contributed by atoms with van der Waals surface area (Å²) in [5.41, 5.74) is 8.28. The van der Waals surface area contributed by atoms with Crippen LogP contribution in [0.25, 0.3) is 0 Å². The van der Waals surface area contributed by atoms with Gasteiger partial charge in [-0.2, -0.15) is 0 Å². The van der Waals surface area contributed by atoms with Crippen LogP contribution in [-0.2, 0) is 16.2 Å². The van der Waals surface area contributed by atoms with Gasteiger partial charge in [0, 0.05) is 0 Å². The maximum atomic E-state index is 5.26. The third-order valence-corrected chi connectivity index (χ3v) is 8.18. The van der Waals surface area contributed by atoms with Gasteiger partial charge in [0.15, 0.2) is 0 Å². The van der Waals surface area contributed by atoms with Crippen molar-refractivity contribution in [2.24, 2.45) is 9.72 Å². The van der Waals surface area contributed by atoms with Crippen molar-refractivity contribution in [1.29, 1.82) is 0 Å². The summed E-state index contributed by atoms with van der Waals surface area (Å²) in [5.74, 6) is 0. The van der Waals surface area contributed by atoms with E-state index in [1.54, 1.807) is 0 Å². The fourth-order valence-electron chi connectivity index (χ4n) is 3.95. The molecular formula is C31H39N3U+2. The summed E-state index contributed by atoms with van der Waals surface area (Å²) < 4.78 is 10.0. The quantitative estimate of drug-likeness (QED) is 0.194. The molecule has 0 radical (unpaired) electrons. The van der Waals surface area contributed by atoms with Crippen LogP contribution in [0.15, 0.2) is 82.5 Å². The summed E-state index contributed by atoms with van der Waals surface area (Å²) in [4.78, 5) is 0. The monoisotopic (exact) mass is 691 g/mol. The Bertz CT molecular complexity index is 1170. The Morgan fingerprint density at radius 1 is 0.600 bits per heavy atom. The Morgan fingerprint density at radius 3 is 1.40 bits per heavy atom. The Balaban J connectivity index is 2.19. The van der Waals surface area contributed by atoms with Gasteiger partial charge in [-0.05, 0) is 0 Å². The van der Waals surface area contributed by atoms with E-state index in [-0.39, 0.29) is 16.2 Å². The molecule has 0 saturated heterocycles. The normalized spacial score (nSPS) is 12.0. The van der Waals surface area contributed by atoms with E-state index in [1.165, 1.54) is 16.7 Å². The van der Waals surface area contributed by atoms with Gasteiger partial charge in [0.2, 0.25) is 0 Å². The SMILES string of the molecule is CC(C)(C)c1cc(C(C)(C)C)c([N]=[U+2]=[N]N=C(c2ccccc2)c2ccccc2)c(C(C)(C)C)c1. The molecule has 0 atom stereocenters. The summed E-state index contributed by atoms with van der Waals surface area (Å²) in [6.07, 6.45) is 0. The topological polar surface area (TPSA) is 37.1 Å². The second-order valence-electron chi connectivity index (χ2n) is 12.2. The van der Waals surface area contributed by atoms with Gasteiger partial charge in [-0.1, -0.05) is 0 Å². The summed E-state index contributed by atoms with van der Waals surface area (Å²) >= 11 is -1.92. The molecule has 0 aliphatic heterocycles. The Kier molecular flexibility index (Phi) is 8.61. The van der Waals surface area contributed by atoms with Crippen LogP contribution in [0, 0.1) is 27.4 Å². The summed E-state index contributed by atoms with van der Waals surface area (Å²) in [5, 5.41) is 4.76. The van der Waals surface area contributed by atoms with E-state index in [9.17, 15) is 0 Å². The molecule has 0 heterocycles. The van der Waals surface area contributed by atoms with Gasteiger partial charge < -0.3 is 0 Å². The molecule has 0 amide bonds. The van der Waals surface area contributed by atoms with Gasteiger partial charge in [-0.3, -0.25) is 0 Å². The average molecular weight is 692 g/mol. The third kappa shape index (κ3) is 7.25. The van der Waals surface area contributed by atoms with Crippen molar-refractivity contribution >= 4 is 11.4 Å². The molecule has 3 rings (SSSR count). The molecular weight excluding hydrogens is 652 g/mol. The first-order chi connectivity index (χ1) is 16.3. The van der Waals surface area contributed by atoms with Crippen LogP contribution in [0.3, 0.4) is 0 Å². The van der Waals surface area contributed by atoms with Crippen LogP contribution in [0.5, 0.6) is 0 Å². The van der Waals surface area contributed by atoms with Crippen LogP contribution >= 0.6 is 0 Å². The van der Waals surface area contributed by atoms with E-state index in [0.29, 0.717) is 0 Å². The number of hydrogen-bond acceptors (Lipinski definition) is 3. The first kappa shape index (κ1) is 27.6. The first-order valence-electron chi connectivity index (χ1n) is 12.3. The van der Waals surface area contributed by atoms with Gasteiger partial charge in [-0.15, -0.1) is 0 Å². The van der Waals surface area contributed by atoms with Gasteiger partial charge in [0.05, 0.1) is 0 Å². The summed E-state index contributed by atoms with van der Waals surface area (Å²) in [7, 11) is 0. The second-order valence-corrected chi connectivity index (χ2v) is 14.8. The van der Waals surface area contributed by atoms with Crippen molar-refractivity contribution in [3.05, 3.63) is 101 Å². The summed E-state index contributed by atoms with van der Waals surface area (Å²) in [6, 6.07) is 25.4. The molecule has 0 unspecified atom stereocenters. The van der Waals surface area contributed by atoms with E-state index >= 15 is 0 Å². The van der Waals surface area contributed by atoms with Crippen molar-refractivity contribution in [1.82, 2.24) is 0 Å². The minimum atomic E-state index is -1.92. The number of rotatable bonds is 4. The molecule has 0 aliphatic carbocycles. The van der Waals surface area contributed by atoms with E-state index in [0.717, 1.165) is 22.5 Å². The van der Waals surface area contributed by atoms with Crippen molar-refractivity contribution < 1.29 is 27.4 Å². The number of nitrogens with zero attached hydrogens (tertiary/aromatic N) is 3. The Hall–Kier alpha value is -2.02. The Labute approximate surface area is 226 Å². The Morgan fingerprint density at radius 2 is 1.03 bits per heavy atom. The minimum absolute atomic E-state index is 0.00562. The number of hydrogen-bond donors (Lipinski definition) is 0. The average Bonchev–Trinajstić information content (AvgIpc) is 2.78. The van der Waals surface area contributed by atoms with E-state index in [4.69, 9.17) is 9.72 Å². The van der Waals surface area contributed by atoms with Gasteiger partial charge in [-0.25, -0.2) is 0 Å². The molecule has 0 N–H and O–H groups in total. The van der Waals surface area contributed by atoms with E-state index in [1.807, 2.05) is 36.4 Å². The number of benzene rings is 3. The molecule has 4 heteroatoms. The summed E-state index contributed by atoms with van der Waals surface area (Å²) in [6.45, 7) is 20.6. The molecule has 0 bridgehead atoms. The van der Waals surface area contributed by atoms with Crippen LogP contribution in [0.2, 0.25) is 0 Å². The second kappa shape index (κ2) is 10.9. The zero-order chi connectivity index (χ0) is 25.9. The van der Waals surface area contributed by atoms with Crippen molar-refractivity contribution in [2.75, 3.05) is 0 Å². The van der Waals surface area contributed by atoms with Crippen molar-refractivity contribution in [2.45, 2.75) is 78.6 Å². The fraction of sp³-hybridized carbons (Fsp3) is 0.387. The van der Waals surface area contributed by atoms with Crippen molar-refractivity contribution in [3.8, 4) is 0 Å². The zero-order valence-electron chi connectivity index (χ0n) is 22.8. The molecule has 0 fully saturated rings. The molecule has 0 spiro atoms. The molecule has 0 aliphatic rings. The molecule has 35 heavy (non-hydrogen) atoms. The molecule has 0 saturated carbocycles. The van der Waals surface area contributed by atoms with Crippen LogP contribution in [0.4, 0.5) is 5.69 Å². The van der Waals surface area contributed by atoms with Crippen LogP contribution < -0.4 is 0 Å². The maximum absolute atomic E-state index is 5.26. The molecule has 3 nitrogen and oxygen atoms in total. The van der Waals surface area contributed by atoms with Gasteiger partial charge in [0.25, 0.3) is 0 Å². The van der Waals surface area contributed by atoms with E-state index < -0.39 is 27.4 Å². The van der Waals surface area contributed by atoms with E-state index in [2.05, 4.69) is 98.7 Å². The van der Waals surface area contributed by atoms with Crippen LogP contribution in [-0.4, -0.2) is 5.71 Å².